The van der Waals surface area contributed by atoms with Crippen molar-refractivity contribution in [2.45, 2.75) is 12.5 Å². The largest absolute Gasteiger partial charge is 0.465 e. The highest BCUT2D eigenvalue weighted by Gasteiger charge is 2.36. The van der Waals surface area contributed by atoms with E-state index in [-0.39, 0.29) is 18.4 Å². The van der Waals surface area contributed by atoms with Crippen LogP contribution in [0.1, 0.15) is 33.0 Å². The minimum atomic E-state index is -0.668. The lowest BCUT2D eigenvalue weighted by Gasteiger charge is -2.22. The Morgan fingerprint density at radius 2 is 1.52 bits per heavy atom. The van der Waals surface area contributed by atoms with E-state index in [0.717, 1.165) is 22.4 Å². The lowest BCUT2D eigenvalue weighted by atomic mass is 9.90. The van der Waals surface area contributed by atoms with Crippen LogP contribution in [0.15, 0.2) is 108 Å². The Morgan fingerprint density at radius 3 is 2.19 bits per heavy atom. The molecule has 0 fully saturated rings. The van der Waals surface area contributed by atoms with Gasteiger partial charge in [0.05, 0.1) is 30.6 Å². The summed E-state index contributed by atoms with van der Waals surface area (Å²) in [5.41, 5.74) is 5.57. The van der Waals surface area contributed by atoms with Crippen LogP contribution < -0.4 is 10.2 Å². The van der Waals surface area contributed by atoms with Crippen molar-refractivity contribution in [2.75, 3.05) is 38.0 Å². The molecule has 0 bridgehead atoms. The fraction of sp³-hybridized carbons (Fsp3) is 0.176. The van der Waals surface area contributed by atoms with Gasteiger partial charge in [-0.2, -0.15) is 0 Å². The molecule has 0 aromatic heterocycles. The number of esters is 1. The second-order valence-electron chi connectivity index (χ2n) is 10.2. The molecule has 0 saturated carbocycles. The molecule has 1 heterocycles. The Bertz CT molecular complexity index is 1620. The molecule has 2 amide bonds. The van der Waals surface area contributed by atoms with Crippen LogP contribution in [0.5, 0.6) is 0 Å². The topological polar surface area (TPSA) is 91.3 Å². The first-order valence-corrected chi connectivity index (χ1v) is 13.6. The average Bonchev–Trinajstić information content (AvgIpc) is 3.34. The third-order valence-electron chi connectivity index (χ3n) is 7.21. The number of hydrogen-bond acceptors (Lipinski definition) is 6. The van der Waals surface area contributed by atoms with E-state index in [0.29, 0.717) is 29.2 Å². The third kappa shape index (κ3) is 6.29. The Kier molecular flexibility index (Phi) is 8.55. The number of rotatable bonds is 9. The van der Waals surface area contributed by atoms with Crippen molar-refractivity contribution in [3.63, 3.8) is 0 Å². The van der Waals surface area contributed by atoms with Crippen LogP contribution in [0.4, 0.5) is 17.1 Å². The van der Waals surface area contributed by atoms with E-state index in [4.69, 9.17) is 9.73 Å². The summed E-state index contributed by atoms with van der Waals surface area (Å²) in [7, 11) is 5.00. The lowest BCUT2D eigenvalue weighted by molar-refractivity contribution is -0.119. The molecule has 212 valence electrons. The number of nitrogens with zero attached hydrogens (tertiary/aromatic N) is 3. The molecule has 8 nitrogen and oxygen atoms in total. The fourth-order valence-electron chi connectivity index (χ4n) is 5.01. The van der Waals surface area contributed by atoms with Crippen LogP contribution in [0, 0.1) is 0 Å². The monoisotopic (exact) mass is 560 g/mol. The van der Waals surface area contributed by atoms with Gasteiger partial charge in [0.1, 0.15) is 5.92 Å². The van der Waals surface area contributed by atoms with Gasteiger partial charge in [-0.15, -0.1) is 0 Å². The molecule has 0 saturated heterocycles. The Labute approximate surface area is 245 Å². The summed E-state index contributed by atoms with van der Waals surface area (Å²) in [5.74, 6) is -1.39. The van der Waals surface area contributed by atoms with Crippen molar-refractivity contribution in [1.29, 1.82) is 0 Å². The van der Waals surface area contributed by atoms with E-state index in [1.54, 1.807) is 30.1 Å². The highest BCUT2D eigenvalue weighted by molar-refractivity contribution is 6.24. The summed E-state index contributed by atoms with van der Waals surface area (Å²) in [6.07, 6.45) is 0. The fourth-order valence-corrected chi connectivity index (χ4v) is 5.01. The number of carbonyl (C=O) groups excluding carboxylic acids is 3. The number of benzene rings is 4. The van der Waals surface area contributed by atoms with Gasteiger partial charge < -0.3 is 15.0 Å². The molecule has 42 heavy (non-hydrogen) atoms. The van der Waals surface area contributed by atoms with Gasteiger partial charge in [-0.1, -0.05) is 66.7 Å². The normalized spacial score (nSPS) is 14.3. The predicted octanol–water partition coefficient (Wildman–Crippen LogP) is 5.42. The van der Waals surface area contributed by atoms with Crippen LogP contribution in [0.2, 0.25) is 0 Å². The number of methoxy groups -OCH3 is 1. The van der Waals surface area contributed by atoms with Crippen LogP contribution in [-0.2, 0) is 20.9 Å². The number of nitrogens with one attached hydrogen (secondary N) is 1. The number of hydrogen-bond donors (Lipinski definition) is 1. The summed E-state index contributed by atoms with van der Waals surface area (Å²) in [5, 5.41) is 2.89. The van der Waals surface area contributed by atoms with Gasteiger partial charge in [0, 0.05) is 25.0 Å². The molecule has 4 aromatic rings. The standard InChI is InChI=1S/C34H32N4O4/c1-37(21-23-10-6-4-7-11-23)22-30(39)38(2)27-17-15-26(16-18-27)35-32(24-12-8-5-9-13-24)31-28-19-14-25(34(41)42-3)20-29(28)36-33(31)40/h4-20,31H,21-22H2,1-3H3,(H,36,40). The molecule has 1 unspecified atom stereocenters. The molecule has 4 aromatic carbocycles. The second-order valence-corrected chi connectivity index (χ2v) is 10.2. The van der Waals surface area contributed by atoms with E-state index in [1.165, 1.54) is 7.11 Å². The molecule has 1 N–H and O–H groups in total. The van der Waals surface area contributed by atoms with Crippen molar-refractivity contribution < 1.29 is 19.1 Å². The molecule has 0 radical (unpaired) electrons. The SMILES string of the molecule is COC(=O)c1ccc2c(c1)NC(=O)C2C(=Nc1ccc(N(C)C(=O)CN(C)Cc2ccccc2)cc1)c1ccccc1. The average molecular weight is 561 g/mol. The van der Waals surface area contributed by atoms with E-state index in [9.17, 15) is 14.4 Å². The van der Waals surface area contributed by atoms with Crippen molar-refractivity contribution in [1.82, 2.24) is 4.90 Å². The first-order chi connectivity index (χ1) is 20.3. The van der Waals surface area contributed by atoms with Gasteiger partial charge in [-0.05, 0) is 60.1 Å². The molecule has 8 heteroatoms. The van der Waals surface area contributed by atoms with E-state index >= 15 is 0 Å². The highest BCUT2D eigenvalue weighted by Crippen LogP contribution is 2.37. The van der Waals surface area contributed by atoms with Gasteiger partial charge in [0.15, 0.2) is 0 Å². The number of likely N-dealkylation sites (N-methyl/N-ethyl adjacent to an activating group) is 2. The van der Waals surface area contributed by atoms with E-state index in [2.05, 4.69) is 5.32 Å². The highest BCUT2D eigenvalue weighted by atomic mass is 16.5. The molecular weight excluding hydrogens is 528 g/mol. The summed E-state index contributed by atoms with van der Waals surface area (Å²) in [4.78, 5) is 46.8. The summed E-state index contributed by atoms with van der Waals surface area (Å²) in [6.45, 7) is 0.954. The van der Waals surface area contributed by atoms with Gasteiger partial charge in [0.2, 0.25) is 11.8 Å². The van der Waals surface area contributed by atoms with Crippen LogP contribution in [0.3, 0.4) is 0 Å². The quantitative estimate of drug-likeness (QED) is 0.218. The number of ether oxygens (including phenoxy) is 1. The van der Waals surface area contributed by atoms with Crippen molar-refractivity contribution >= 4 is 40.6 Å². The molecule has 1 atom stereocenters. The summed E-state index contributed by atoms with van der Waals surface area (Å²) in [6, 6.07) is 32.0. The zero-order chi connectivity index (χ0) is 29.6. The number of fused-ring (bicyclic) bond motifs is 1. The number of amides is 2. The molecule has 1 aliphatic heterocycles. The van der Waals surface area contributed by atoms with Crippen molar-refractivity contribution in [3.8, 4) is 0 Å². The maximum absolute atomic E-state index is 13.3. The van der Waals surface area contributed by atoms with Crippen molar-refractivity contribution in [2.24, 2.45) is 4.99 Å². The number of carbonyl (C=O) groups is 3. The zero-order valence-electron chi connectivity index (χ0n) is 23.8. The first kappa shape index (κ1) is 28.4. The number of anilines is 2. The lowest BCUT2D eigenvalue weighted by Crippen LogP contribution is -2.36. The minimum absolute atomic E-state index is 0.0276. The smallest absolute Gasteiger partial charge is 0.337 e. The summed E-state index contributed by atoms with van der Waals surface area (Å²) >= 11 is 0. The van der Waals surface area contributed by atoms with Gasteiger partial charge in [-0.25, -0.2) is 4.79 Å². The second kappa shape index (κ2) is 12.6. The minimum Gasteiger partial charge on any atom is -0.465 e. The zero-order valence-corrected chi connectivity index (χ0v) is 23.8. The van der Waals surface area contributed by atoms with Gasteiger partial charge >= 0.3 is 5.97 Å². The Morgan fingerprint density at radius 1 is 0.857 bits per heavy atom. The number of aliphatic imine (C=N–C) groups is 1. The molecule has 5 rings (SSSR count). The third-order valence-corrected chi connectivity index (χ3v) is 7.21. The Balaban J connectivity index is 1.38. The molecule has 0 aliphatic carbocycles. The predicted molar refractivity (Wildman–Crippen MR) is 164 cm³/mol. The van der Waals surface area contributed by atoms with Crippen molar-refractivity contribution in [3.05, 3.63) is 125 Å². The maximum Gasteiger partial charge on any atom is 0.337 e. The molecule has 0 spiro atoms. The van der Waals surface area contributed by atoms with Crippen LogP contribution >= 0.6 is 0 Å². The first-order valence-electron chi connectivity index (χ1n) is 13.6. The van der Waals surface area contributed by atoms with E-state index in [1.807, 2.05) is 96.9 Å². The van der Waals surface area contributed by atoms with Gasteiger partial charge in [-0.3, -0.25) is 19.5 Å². The van der Waals surface area contributed by atoms with Crippen LogP contribution in [-0.4, -0.2) is 56.1 Å². The van der Waals surface area contributed by atoms with Crippen LogP contribution in [0.25, 0.3) is 0 Å². The maximum atomic E-state index is 13.3. The molecule has 1 aliphatic rings. The van der Waals surface area contributed by atoms with Gasteiger partial charge in [0.25, 0.3) is 0 Å². The Hall–Kier alpha value is -5.08. The van der Waals surface area contributed by atoms with E-state index < -0.39 is 11.9 Å². The molecular formula is C34H32N4O4. The summed E-state index contributed by atoms with van der Waals surface area (Å²) < 4.78 is 4.83.